The molecule has 0 saturated carbocycles. The summed E-state index contributed by atoms with van der Waals surface area (Å²) < 4.78 is 15.6. The lowest BCUT2D eigenvalue weighted by atomic mass is 10.2. The van der Waals surface area contributed by atoms with Gasteiger partial charge in [0.15, 0.2) is 0 Å². The fourth-order valence-electron chi connectivity index (χ4n) is 1.56. The van der Waals surface area contributed by atoms with Gasteiger partial charge in [0, 0.05) is 27.4 Å². The molecule has 0 spiro atoms. The molecule has 8 nitrogen and oxygen atoms in total. The quantitative estimate of drug-likeness (QED) is 0.354. The van der Waals surface area contributed by atoms with E-state index in [2.05, 4.69) is 5.32 Å². The van der Waals surface area contributed by atoms with Gasteiger partial charge in [-0.2, -0.15) is 0 Å². The molecule has 1 unspecified atom stereocenters. The molecular weight excluding hydrogens is 274 g/mol. The third-order valence-electron chi connectivity index (χ3n) is 2.66. The molecule has 3 N–H and O–H groups in total. The van der Waals surface area contributed by atoms with Crippen molar-refractivity contribution in [2.45, 2.75) is 24.9 Å². The van der Waals surface area contributed by atoms with Gasteiger partial charge >= 0.3 is 20.7 Å². The average molecular weight is 295 g/mol. The van der Waals surface area contributed by atoms with Crippen LogP contribution < -0.4 is 5.32 Å². The summed E-state index contributed by atoms with van der Waals surface area (Å²) in [5.41, 5.74) is 0. The summed E-state index contributed by atoms with van der Waals surface area (Å²) in [6.07, 6.45) is 0.0991. The first-order valence-electron chi connectivity index (χ1n) is 5.74. The van der Waals surface area contributed by atoms with Crippen LogP contribution in [0.1, 0.15) is 12.8 Å². The van der Waals surface area contributed by atoms with Crippen LogP contribution in [-0.2, 0) is 22.9 Å². The van der Waals surface area contributed by atoms with Crippen molar-refractivity contribution in [1.29, 1.82) is 0 Å². The molecule has 0 heterocycles. The molecule has 1 atom stereocenters. The Morgan fingerprint density at radius 1 is 1.16 bits per heavy atom. The monoisotopic (exact) mass is 295 g/mol. The predicted octanol–water partition coefficient (Wildman–Crippen LogP) is -0.228. The van der Waals surface area contributed by atoms with Gasteiger partial charge in [-0.25, -0.2) is 0 Å². The molecule has 19 heavy (non-hydrogen) atoms. The number of carboxylic acids is 2. The second kappa shape index (κ2) is 8.99. The Morgan fingerprint density at radius 3 is 2.05 bits per heavy atom. The van der Waals surface area contributed by atoms with E-state index in [1.54, 1.807) is 0 Å². The summed E-state index contributed by atoms with van der Waals surface area (Å²) >= 11 is 0. The van der Waals surface area contributed by atoms with Gasteiger partial charge in [0.2, 0.25) is 0 Å². The first-order valence-corrected chi connectivity index (χ1v) is 7.67. The largest absolute Gasteiger partial charge is 0.500 e. The Morgan fingerprint density at radius 2 is 1.68 bits per heavy atom. The highest BCUT2D eigenvalue weighted by molar-refractivity contribution is 6.60. The highest BCUT2D eigenvalue weighted by atomic mass is 28.4. The van der Waals surface area contributed by atoms with Crippen molar-refractivity contribution in [2.75, 3.05) is 27.9 Å². The molecule has 0 aliphatic carbocycles. The second-order valence-electron chi connectivity index (χ2n) is 3.84. The van der Waals surface area contributed by atoms with E-state index in [9.17, 15) is 9.59 Å². The molecule has 0 aliphatic rings. The minimum Gasteiger partial charge on any atom is -0.481 e. The zero-order valence-corrected chi connectivity index (χ0v) is 12.3. The van der Waals surface area contributed by atoms with E-state index in [1.165, 1.54) is 21.3 Å². The van der Waals surface area contributed by atoms with Crippen molar-refractivity contribution >= 4 is 20.7 Å². The van der Waals surface area contributed by atoms with Crippen LogP contribution in [0.15, 0.2) is 0 Å². The number of nitrogens with one attached hydrogen (secondary N) is 1. The molecule has 0 amide bonds. The highest BCUT2D eigenvalue weighted by Crippen LogP contribution is 2.14. The number of hydrogen-bond acceptors (Lipinski definition) is 6. The summed E-state index contributed by atoms with van der Waals surface area (Å²) in [6.45, 7) is 0.342. The Balaban J connectivity index is 4.12. The van der Waals surface area contributed by atoms with Gasteiger partial charge < -0.3 is 28.8 Å². The van der Waals surface area contributed by atoms with E-state index in [1.807, 2.05) is 0 Å². The number of hydrogen-bond donors (Lipinski definition) is 3. The van der Waals surface area contributed by atoms with Gasteiger partial charge in [-0.1, -0.05) is 0 Å². The summed E-state index contributed by atoms with van der Waals surface area (Å²) in [7, 11) is 1.84. The zero-order chi connectivity index (χ0) is 14.9. The molecule has 0 rings (SSSR count). The van der Waals surface area contributed by atoms with Crippen molar-refractivity contribution in [1.82, 2.24) is 5.32 Å². The molecule has 0 aliphatic heterocycles. The second-order valence-corrected chi connectivity index (χ2v) is 6.93. The molecule has 0 saturated heterocycles. The van der Waals surface area contributed by atoms with Crippen molar-refractivity contribution in [3.05, 3.63) is 0 Å². The SMILES string of the molecule is CO[Si](CCCNC(CC(=O)O)C(=O)O)(OC)OC. The summed E-state index contributed by atoms with van der Waals surface area (Å²) in [6, 6.07) is -0.579. The third-order valence-corrected chi connectivity index (χ3v) is 5.49. The van der Waals surface area contributed by atoms with E-state index < -0.39 is 33.2 Å². The van der Waals surface area contributed by atoms with E-state index in [4.69, 9.17) is 23.5 Å². The zero-order valence-electron chi connectivity index (χ0n) is 11.3. The fourth-order valence-corrected chi connectivity index (χ4v) is 3.28. The lowest BCUT2D eigenvalue weighted by Crippen LogP contribution is -2.44. The van der Waals surface area contributed by atoms with Gasteiger partial charge in [-0.15, -0.1) is 0 Å². The normalized spacial score (nSPS) is 13.2. The number of carbonyl (C=O) groups is 2. The lowest BCUT2D eigenvalue weighted by molar-refractivity contribution is -0.145. The topological polar surface area (TPSA) is 114 Å². The number of aliphatic carboxylic acids is 2. The van der Waals surface area contributed by atoms with Crippen molar-refractivity contribution < 1.29 is 33.1 Å². The number of carboxylic acid groups (broad SMARTS) is 2. The third kappa shape index (κ3) is 6.64. The molecule has 112 valence electrons. The molecule has 0 fully saturated rings. The molecule has 0 aromatic carbocycles. The van der Waals surface area contributed by atoms with Gasteiger partial charge in [-0.05, 0) is 13.0 Å². The van der Waals surface area contributed by atoms with E-state index in [0.717, 1.165) is 0 Å². The van der Waals surface area contributed by atoms with Crippen LogP contribution in [0.3, 0.4) is 0 Å². The summed E-state index contributed by atoms with van der Waals surface area (Å²) in [4.78, 5) is 21.3. The standard InChI is InChI=1S/C10H21NO7Si/c1-16-19(17-2,18-3)6-4-5-11-8(10(14)15)7-9(12)13/h8,11H,4-7H2,1-3H3,(H,12,13)(H,14,15). The Kier molecular flexibility index (Phi) is 8.51. The van der Waals surface area contributed by atoms with E-state index in [0.29, 0.717) is 19.0 Å². The van der Waals surface area contributed by atoms with Crippen LogP contribution in [0.5, 0.6) is 0 Å². The fraction of sp³-hybridized carbons (Fsp3) is 0.800. The molecule has 0 radical (unpaired) electrons. The van der Waals surface area contributed by atoms with Gasteiger partial charge in [0.05, 0.1) is 6.42 Å². The van der Waals surface area contributed by atoms with Crippen LogP contribution in [0.25, 0.3) is 0 Å². The Hall–Kier alpha value is -1.00. The van der Waals surface area contributed by atoms with Gasteiger partial charge in [-0.3, -0.25) is 9.59 Å². The van der Waals surface area contributed by atoms with E-state index in [-0.39, 0.29) is 0 Å². The maximum Gasteiger partial charge on any atom is 0.500 e. The molecule has 0 bridgehead atoms. The van der Waals surface area contributed by atoms with Gasteiger partial charge in [0.25, 0.3) is 0 Å². The minimum atomic E-state index is -2.65. The summed E-state index contributed by atoms with van der Waals surface area (Å²) in [5, 5.41) is 20.1. The van der Waals surface area contributed by atoms with Crippen LogP contribution in [0, 0.1) is 0 Å². The Labute approximate surface area is 113 Å². The molecule has 0 aromatic heterocycles. The number of rotatable bonds is 11. The van der Waals surface area contributed by atoms with Crippen molar-refractivity contribution in [3.8, 4) is 0 Å². The van der Waals surface area contributed by atoms with Crippen molar-refractivity contribution in [3.63, 3.8) is 0 Å². The molecule has 9 heteroatoms. The van der Waals surface area contributed by atoms with Crippen LogP contribution in [-0.4, -0.2) is 64.9 Å². The Bertz CT molecular complexity index is 287. The predicted molar refractivity (Wildman–Crippen MR) is 67.9 cm³/mol. The molecular formula is C10H21NO7Si. The van der Waals surface area contributed by atoms with Gasteiger partial charge in [0.1, 0.15) is 6.04 Å². The highest BCUT2D eigenvalue weighted by Gasteiger charge is 2.36. The first kappa shape index (κ1) is 18.0. The average Bonchev–Trinajstić information content (AvgIpc) is 2.37. The van der Waals surface area contributed by atoms with Crippen molar-refractivity contribution in [2.24, 2.45) is 0 Å². The lowest BCUT2D eigenvalue weighted by Gasteiger charge is -2.24. The molecule has 0 aromatic rings. The van der Waals surface area contributed by atoms with Crippen LogP contribution in [0.4, 0.5) is 0 Å². The minimum absolute atomic E-state index is 0.342. The summed E-state index contributed by atoms with van der Waals surface area (Å²) in [5.74, 6) is -2.34. The van der Waals surface area contributed by atoms with E-state index >= 15 is 0 Å². The maximum atomic E-state index is 10.8. The van der Waals surface area contributed by atoms with Crippen LogP contribution in [0.2, 0.25) is 6.04 Å². The first-order chi connectivity index (χ1) is 8.90. The van der Waals surface area contributed by atoms with Crippen LogP contribution >= 0.6 is 0 Å². The maximum absolute atomic E-state index is 10.8. The smallest absolute Gasteiger partial charge is 0.481 e.